The number of aryl methyl sites for hydroxylation is 1. The molecule has 0 aliphatic carbocycles. The van der Waals surface area contributed by atoms with E-state index in [0.717, 1.165) is 28.2 Å². The van der Waals surface area contributed by atoms with Gasteiger partial charge < -0.3 is 15.2 Å². The van der Waals surface area contributed by atoms with Crippen molar-refractivity contribution in [1.82, 2.24) is 9.78 Å². The number of aromatic nitrogens is 2. The van der Waals surface area contributed by atoms with Gasteiger partial charge in [0.15, 0.2) is 11.5 Å². The van der Waals surface area contributed by atoms with Gasteiger partial charge in [0, 0.05) is 12.1 Å². The summed E-state index contributed by atoms with van der Waals surface area (Å²) in [6, 6.07) is 16.0. The largest absolute Gasteiger partial charge is 0.493 e. The molecule has 0 saturated carbocycles. The molecule has 0 spiro atoms. The number of para-hydroxylation sites is 1. The molecule has 124 valence electrons. The summed E-state index contributed by atoms with van der Waals surface area (Å²) in [4.78, 5) is 0. The van der Waals surface area contributed by atoms with Crippen LogP contribution in [0, 0.1) is 6.92 Å². The van der Waals surface area contributed by atoms with Crippen LogP contribution in [0.25, 0.3) is 16.9 Å². The van der Waals surface area contributed by atoms with Gasteiger partial charge in [-0.25, -0.2) is 4.68 Å². The van der Waals surface area contributed by atoms with E-state index in [1.165, 1.54) is 0 Å². The van der Waals surface area contributed by atoms with Crippen molar-refractivity contribution in [2.24, 2.45) is 5.73 Å². The van der Waals surface area contributed by atoms with Gasteiger partial charge in [0.05, 0.1) is 31.3 Å². The van der Waals surface area contributed by atoms with Gasteiger partial charge in [0.25, 0.3) is 0 Å². The number of nitrogens with two attached hydrogens (primary N) is 1. The molecule has 1 heterocycles. The summed E-state index contributed by atoms with van der Waals surface area (Å²) in [5, 5.41) is 4.65. The minimum absolute atomic E-state index is 0.388. The first kappa shape index (κ1) is 16.1. The molecule has 0 aliphatic rings. The van der Waals surface area contributed by atoms with Gasteiger partial charge >= 0.3 is 0 Å². The van der Waals surface area contributed by atoms with E-state index in [0.29, 0.717) is 18.0 Å². The third kappa shape index (κ3) is 2.86. The van der Waals surface area contributed by atoms with Crippen LogP contribution in [0.15, 0.2) is 48.5 Å². The number of rotatable bonds is 5. The monoisotopic (exact) mass is 323 g/mol. The predicted octanol–water partition coefficient (Wildman–Crippen LogP) is 3.32. The van der Waals surface area contributed by atoms with Gasteiger partial charge in [-0.05, 0) is 42.8 Å². The minimum Gasteiger partial charge on any atom is -0.493 e. The maximum absolute atomic E-state index is 5.81. The van der Waals surface area contributed by atoms with Crippen LogP contribution in [-0.4, -0.2) is 24.0 Å². The Bertz CT molecular complexity index is 856. The average molecular weight is 323 g/mol. The maximum atomic E-state index is 5.81. The Hall–Kier alpha value is -2.79. The first-order chi connectivity index (χ1) is 11.7. The topological polar surface area (TPSA) is 62.3 Å². The number of nitrogens with zero attached hydrogens (tertiary/aromatic N) is 2. The van der Waals surface area contributed by atoms with Crippen molar-refractivity contribution in [3.63, 3.8) is 0 Å². The third-order valence-electron chi connectivity index (χ3n) is 3.99. The first-order valence-corrected chi connectivity index (χ1v) is 7.75. The summed E-state index contributed by atoms with van der Waals surface area (Å²) in [5.74, 6) is 1.38. The first-order valence-electron chi connectivity index (χ1n) is 7.75. The Labute approximate surface area is 141 Å². The van der Waals surface area contributed by atoms with Crippen molar-refractivity contribution in [1.29, 1.82) is 0 Å². The van der Waals surface area contributed by atoms with Crippen LogP contribution >= 0.6 is 0 Å². The molecule has 0 radical (unpaired) electrons. The standard InChI is InChI=1S/C19H21N3O2/c1-13-6-4-5-7-16(13)22-17(11-15(12-20)21-22)14-8-9-18(23-2)19(10-14)24-3/h4-11H,12,20H2,1-3H3. The van der Waals surface area contributed by atoms with Crippen LogP contribution < -0.4 is 15.2 Å². The lowest BCUT2D eigenvalue weighted by Gasteiger charge is -2.12. The summed E-state index contributed by atoms with van der Waals surface area (Å²) in [6.45, 7) is 2.46. The van der Waals surface area contributed by atoms with Crippen molar-refractivity contribution in [3.05, 3.63) is 59.8 Å². The maximum Gasteiger partial charge on any atom is 0.161 e. The molecular formula is C19H21N3O2. The van der Waals surface area contributed by atoms with Gasteiger partial charge in [-0.2, -0.15) is 5.10 Å². The molecule has 1 aromatic heterocycles. The van der Waals surface area contributed by atoms with E-state index < -0.39 is 0 Å². The number of benzene rings is 2. The second-order valence-electron chi connectivity index (χ2n) is 5.49. The van der Waals surface area contributed by atoms with Gasteiger partial charge in [-0.3, -0.25) is 0 Å². The highest BCUT2D eigenvalue weighted by atomic mass is 16.5. The summed E-state index contributed by atoms with van der Waals surface area (Å²) in [7, 11) is 3.26. The minimum atomic E-state index is 0.388. The SMILES string of the molecule is COc1ccc(-c2cc(CN)nn2-c2ccccc2C)cc1OC. The van der Waals surface area contributed by atoms with Crippen molar-refractivity contribution in [2.75, 3.05) is 14.2 Å². The third-order valence-corrected chi connectivity index (χ3v) is 3.99. The normalized spacial score (nSPS) is 10.7. The number of ether oxygens (including phenoxy) is 2. The number of hydrogen-bond donors (Lipinski definition) is 1. The molecule has 0 fully saturated rings. The number of hydrogen-bond acceptors (Lipinski definition) is 4. The van der Waals surface area contributed by atoms with Crippen molar-refractivity contribution < 1.29 is 9.47 Å². The lowest BCUT2D eigenvalue weighted by atomic mass is 10.1. The Kier molecular flexibility index (Phi) is 4.53. The molecule has 3 rings (SSSR count). The molecule has 0 aliphatic heterocycles. The van der Waals surface area contributed by atoms with E-state index >= 15 is 0 Å². The van der Waals surface area contributed by atoms with E-state index in [-0.39, 0.29) is 0 Å². The molecule has 5 heteroatoms. The molecule has 5 nitrogen and oxygen atoms in total. The van der Waals surface area contributed by atoms with Crippen molar-refractivity contribution >= 4 is 0 Å². The van der Waals surface area contributed by atoms with Crippen molar-refractivity contribution in [2.45, 2.75) is 13.5 Å². The molecule has 0 atom stereocenters. The predicted molar refractivity (Wildman–Crippen MR) is 94.7 cm³/mol. The average Bonchev–Trinajstić information content (AvgIpc) is 3.05. The summed E-state index contributed by atoms with van der Waals surface area (Å²) in [6.07, 6.45) is 0. The van der Waals surface area contributed by atoms with Gasteiger partial charge in [0.2, 0.25) is 0 Å². The molecule has 3 aromatic rings. The lowest BCUT2D eigenvalue weighted by Crippen LogP contribution is -2.03. The van der Waals surface area contributed by atoms with Gasteiger partial charge in [-0.15, -0.1) is 0 Å². The summed E-state index contributed by atoms with van der Waals surface area (Å²) < 4.78 is 12.7. The fourth-order valence-corrected chi connectivity index (χ4v) is 2.72. The highest BCUT2D eigenvalue weighted by molar-refractivity contribution is 5.67. The molecular weight excluding hydrogens is 302 g/mol. The smallest absolute Gasteiger partial charge is 0.161 e. The molecule has 24 heavy (non-hydrogen) atoms. The molecule has 0 bridgehead atoms. The Morgan fingerprint density at radius 1 is 1.00 bits per heavy atom. The zero-order valence-corrected chi connectivity index (χ0v) is 14.1. The molecule has 2 aromatic carbocycles. The molecule has 0 amide bonds. The van der Waals surface area contributed by atoms with Gasteiger partial charge in [-0.1, -0.05) is 18.2 Å². The van der Waals surface area contributed by atoms with Crippen molar-refractivity contribution in [3.8, 4) is 28.4 Å². The zero-order chi connectivity index (χ0) is 17.1. The van der Waals surface area contributed by atoms with Crippen LogP contribution in [0.4, 0.5) is 0 Å². The Balaban J connectivity index is 2.18. The van der Waals surface area contributed by atoms with E-state index in [4.69, 9.17) is 15.2 Å². The van der Waals surface area contributed by atoms with Crippen LogP contribution in [-0.2, 0) is 6.54 Å². The Morgan fingerprint density at radius 2 is 1.75 bits per heavy atom. The lowest BCUT2D eigenvalue weighted by molar-refractivity contribution is 0.355. The fraction of sp³-hybridized carbons (Fsp3) is 0.211. The zero-order valence-electron chi connectivity index (χ0n) is 14.1. The molecule has 2 N–H and O–H groups in total. The highest BCUT2D eigenvalue weighted by Gasteiger charge is 2.14. The van der Waals surface area contributed by atoms with Gasteiger partial charge in [0.1, 0.15) is 0 Å². The summed E-state index contributed by atoms with van der Waals surface area (Å²) >= 11 is 0. The number of methoxy groups -OCH3 is 2. The van der Waals surface area contributed by atoms with Crippen LogP contribution in [0.1, 0.15) is 11.3 Å². The van der Waals surface area contributed by atoms with E-state index in [1.807, 2.05) is 47.1 Å². The molecule has 0 saturated heterocycles. The Morgan fingerprint density at radius 3 is 2.42 bits per heavy atom. The van der Waals surface area contributed by atoms with E-state index in [1.54, 1.807) is 14.2 Å². The molecule has 0 unspecified atom stereocenters. The van der Waals surface area contributed by atoms with E-state index in [2.05, 4.69) is 18.1 Å². The highest BCUT2D eigenvalue weighted by Crippen LogP contribution is 2.33. The van der Waals surface area contributed by atoms with Crippen LogP contribution in [0.2, 0.25) is 0 Å². The fourth-order valence-electron chi connectivity index (χ4n) is 2.72. The van der Waals surface area contributed by atoms with Crippen LogP contribution in [0.3, 0.4) is 0 Å². The van der Waals surface area contributed by atoms with E-state index in [9.17, 15) is 0 Å². The second-order valence-corrected chi connectivity index (χ2v) is 5.49. The quantitative estimate of drug-likeness (QED) is 0.782. The second kappa shape index (κ2) is 6.76. The van der Waals surface area contributed by atoms with Crippen LogP contribution in [0.5, 0.6) is 11.5 Å². The summed E-state index contributed by atoms with van der Waals surface area (Å²) in [5.41, 5.74) is 10.8.